The van der Waals surface area contributed by atoms with Gasteiger partial charge in [-0.2, -0.15) is 5.48 Å². The molecule has 16 heavy (non-hydrogen) atoms. The van der Waals surface area contributed by atoms with Crippen LogP contribution in [0.4, 0.5) is 0 Å². The van der Waals surface area contributed by atoms with Crippen molar-refractivity contribution in [1.82, 2.24) is 5.48 Å². The average Bonchev–Trinajstić information content (AvgIpc) is 2.35. The summed E-state index contributed by atoms with van der Waals surface area (Å²) in [5.74, 6) is -0.348. The Morgan fingerprint density at radius 2 is 1.94 bits per heavy atom. The molecule has 1 N–H and O–H groups in total. The van der Waals surface area contributed by atoms with Crippen LogP contribution < -0.4 is 5.48 Å². The van der Waals surface area contributed by atoms with Crippen molar-refractivity contribution in [3.05, 3.63) is 48.0 Å². The van der Waals surface area contributed by atoms with E-state index in [-0.39, 0.29) is 5.97 Å². The molecular formula is C13H13NO2. The Morgan fingerprint density at radius 3 is 2.75 bits per heavy atom. The van der Waals surface area contributed by atoms with Crippen LogP contribution in [0.1, 0.15) is 17.3 Å². The van der Waals surface area contributed by atoms with Crippen LogP contribution in [0, 0.1) is 0 Å². The van der Waals surface area contributed by atoms with Gasteiger partial charge in [0.25, 0.3) is 0 Å². The normalized spacial score (nSPS) is 10.3. The molecule has 0 fully saturated rings. The molecule has 0 bridgehead atoms. The fourth-order valence-electron chi connectivity index (χ4n) is 1.60. The first-order chi connectivity index (χ1) is 7.83. The van der Waals surface area contributed by atoms with Gasteiger partial charge < -0.3 is 4.84 Å². The van der Waals surface area contributed by atoms with Crippen LogP contribution in [-0.2, 0) is 4.84 Å². The van der Waals surface area contributed by atoms with Crippen LogP contribution in [0.2, 0.25) is 0 Å². The maximum absolute atomic E-state index is 11.7. The molecule has 0 spiro atoms. The minimum Gasteiger partial charge on any atom is -0.367 e. The minimum atomic E-state index is -0.348. The summed E-state index contributed by atoms with van der Waals surface area (Å²) in [6, 6.07) is 13.3. The number of carbonyl (C=O) groups is 1. The summed E-state index contributed by atoms with van der Waals surface area (Å²) in [5, 5.41) is 1.95. The summed E-state index contributed by atoms with van der Waals surface area (Å²) >= 11 is 0. The number of nitrogens with one attached hydrogen (secondary N) is 1. The van der Waals surface area contributed by atoms with Gasteiger partial charge in [0.05, 0.1) is 5.56 Å². The molecule has 2 aromatic carbocycles. The average molecular weight is 215 g/mol. The number of rotatable bonds is 3. The lowest BCUT2D eigenvalue weighted by atomic mass is 10.1. The monoisotopic (exact) mass is 215 g/mol. The fourth-order valence-corrected chi connectivity index (χ4v) is 1.60. The molecule has 0 unspecified atom stereocenters. The predicted molar refractivity (Wildman–Crippen MR) is 63.0 cm³/mol. The second kappa shape index (κ2) is 4.77. The van der Waals surface area contributed by atoms with E-state index in [0.717, 1.165) is 10.8 Å². The van der Waals surface area contributed by atoms with Crippen molar-refractivity contribution in [1.29, 1.82) is 0 Å². The van der Waals surface area contributed by atoms with Crippen LogP contribution >= 0.6 is 0 Å². The van der Waals surface area contributed by atoms with Gasteiger partial charge in [-0.3, -0.25) is 0 Å². The van der Waals surface area contributed by atoms with E-state index < -0.39 is 0 Å². The van der Waals surface area contributed by atoms with Crippen molar-refractivity contribution >= 4 is 16.7 Å². The van der Waals surface area contributed by atoms with E-state index in [1.54, 1.807) is 6.07 Å². The van der Waals surface area contributed by atoms with E-state index in [9.17, 15) is 4.79 Å². The van der Waals surface area contributed by atoms with Gasteiger partial charge in [-0.05, 0) is 23.8 Å². The Kier molecular flexibility index (Phi) is 3.17. The highest BCUT2D eigenvalue weighted by Crippen LogP contribution is 2.18. The second-order valence-electron chi connectivity index (χ2n) is 3.41. The van der Waals surface area contributed by atoms with E-state index in [4.69, 9.17) is 4.84 Å². The highest BCUT2D eigenvalue weighted by molar-refractivity contribution is 6.04. The zero-order valence-electron chi connectivity index (χ0n) is 9.07. The number of fused-ring (bicyclic) bond motifs is 1. The molecule has 0 saturated carbocycles. The van der Waals surface area contributed by atoms with Gasteiger partial charge in [0, 0.05) is 6.54 Å². The number of hydrogen-bond acceptors (Lipinski definition) is 3. The molecule has 0 saturated heterocycles. The van der Waals surface area contributed by atoms with Crippen LogP contribution in [0.3, 0.4) is 0 Å². The molecule has 3 nitrogen and oxygen atoms in total. The highest BCUT2D eigenvalue weighted by atomic mass is 16.7. The Labute approximate surface area is 94.0 Å². The SMILES string of the molecule is CCNOC(=O)c1cccc2ccccc12. The molecule has 0 aliphatic heterocycles. The summed E-state index contributed by atoms with van der Waals surface area (Å²) in [6.45, 7) is 2.47. The molecule has 0 aliphatic rings. The molecular weight excluding hydrogens is 202 g/mol. The highest BCUT2D eigenvalue weighted by Gasteiger charge is 2.10. The van der Waals surface area contributed by atoms with Crippen molar-refractivity contribution in [2.45, 2.75) is 6.92 Å². The third-order valence-electron chi connectivity index (χ3n) is 2.32. The zero-order valence-corrected chi connectivity index (χ0v) is 9.07. The van der Waals surface area contributed by atoms with Crippen molar-refractivity contribution in [3.8, 4) is 0 Å². The van der Waals surface area contributed by atoms with Crippen molar-refractivity contribution in [2.24, 2.45) is 0 Å². The number of carbonyl (C=O) groups excluding carboxylic acids is 1. The van der Waals surface area contributed by atoms with Crippen molar-refractivity contribution < 1.29 is 9.63 Å². The fraction of sp³-hybridized carbons (Fsp3) is 0.154. The third-order valence-corrected chi connectivity index (χ3v) is 2.32. The largest absolute Gasteiger partial charge is 0.367 e. The third kappa shape index (κ3) is 2.04. The lowest BCUT2D eigenvalue weighted by molar-refractivity contribution is 0.0268. The summed E-state index contributed by atoms with van der Waals surface area (Å²) < 4.78 is 0. The summed E-state index contributed by atoms with van der Waals surface area (Å²) in [7, 11) is 0. The minimum absolute atomic E-state index is 0.348. The number of hydrogen-bond donors (Lipinski definition) is 1. The predicted octanol–water partition coefficient (Wildman–Crippen LogP) is 2.52. The summed E-state index contributed by atoms with van der Waals surface area (Å²) in [4.78, 5) is 16.6. The van der Waals surface area contributed by atoms with Gasteiger partial charge in [-0.15, -0.1) is 0 Å². The number of benzene rings is 2. The van der Waals surface area contributed by atoms with Gasteiger partial charge in [0.1, 0.15) is 0 Å². The molecule has 0 aliphatic carbocycles. The molecule has 0 heterocycles. The molecule has 0 radical (unpaired) electrons. The van der Waals surface area contributed by atoms with Crippen LogP contribution in [0.5, 0.6) is 0 Å². The standard InChI is InChI=1S/C13H13NO2/c1-2-14-16-13(15)12-9-5-7-10-6-3-4-8-11(10)12/h3-9,14H,2H2,1H3. The Morgan fingerprint density at radius 1 is 1.19 bits per heavy atom. The van der Waals surface area contributed by atoms with Gasteiger partial charge in [0.15, 0.2) is 0 Å². The maximum Gasteiger partial charge on any atom is 0.357 e. The van der Waals surface area contributed by atoms with Crippen LogP contribution in [0.15, 0.2) is 42.5 Å². The summed E-state index contributed by atoms with van der Waals surface area (Å²) in [6.07, 6.45) is 0. The first-order valence-electron chi connectivity index (χ1n) is 5.24. The topological polar surface area (TPSA) is 38.3 Å². The van der Waals surface area contributed by atoms with Gasteiger partial charge in [-0.25, -0.2) is 4.79 Å². The van der Waals surface area contributed by atoms with Gasteiger partial charge in [0.2, 0.25) is 0 Å². The zero-order chi connectivity index (χ0) is 11.4. The second-order valence-corrected chi connectivity index (χ2v) is 3.41. The van der Waals surface area contributed by atoms with Crippen molar-refractivity contribution in [3.63, 3.8) is 0 Å². The molecule has 0 aromatic heterocycles. The quantitative estimate of drug-likeness (QED) is 0.799. The molecule has 0 amide bonds. The molecule has 82 valence electrons. The Hall–Kier alpha value is -1.87. The Bertz CT molecular complexity index is 503. The van der Waals surface area contributed by atoms with Crippen LogP contribution in [0.25, 0.3) is 10.8 Å². The molecule has 2 rings (SSSR count). The van der Waals surface area contributed by atoms with Gasteiger partial charge >= 0.3 is 5.97 Å². The number of hydroxylamine groups is 1. The van der Waals surface area contributed by atoms with E-state index in [0.29, 0.717) is 12.1 Å². The Balaban J connectivity index is 2.40. The first-order valence-corrected chi connectivity index (χ1v) is 5.24. The van der Waals surface area contributed by atoms with E-state index in [2.05, 4.69) is 5.48 Å². The maximum atomic E-state index is 11.7. The molecule has 0 atom stereocenters. The summed E-state index contributed by atoms with van der Waals surface area (Å²) in [5.41, 5.74) is 3.14. The first kappa shape index (κ1) is 10.6. The smallest absolute Gasteiger partial charge is 0.357 e. The van der Waals surface area contributed by atoms with Gasteiger partial charge in [-0.1, -0.05) is 36.4 Å². The van der Waals surface area contributed by atoms with Crippen LogP contribution in [-0.4, -0.2) is 12.5 Å². The van der Waals surface area contributed by atoms with E-state index in [1.807, 2.05) is 43.3 Å². The van der Waals surface area contributed by atoms with E-state index >= 15 is 0 Å². The van der Waals surface area contributed by atoms with Crippen molar-refractivity contribution in [2.75, 3.05) is 6.54 Å². The molecule has 3 heteroatoms. The lowest BCUT2D eigenvalue weighted by Crippen LogP contribution is -2.19. The molecule has 2 aromatic rings. The lowest BCUT2D eigenvalue weighted by Gasteiger charge is -2.06. The van der Waals surface area contributed by atoms with E-state index in [1.165, 1.54) is 0 Å².